The fourth-order valence-corrected chi connectivity index (χ4v) is 2.49. The van der Waals surface area contributed by atoms with Gasteiger partial charge in [0, 0.05) is 11.6 Å². The summed E-state index contributed by atoms with van der Waals surface area (Å²) in [5.41, 5.74) is 2.36. The zero-order valence-corrected chi connectivity index (χ0v) is 13.2. The molecule has 1 heterocycles. The van der Waals surface area contributed by atoms with Crippen molar-refractivity contribution in [2.45, 2.75) is 6.92 Å². The number of aromatic nitrogens is 1. The van der Waals surface area contributed by atoms with Crippen LogP contribution in [-0.4, -0.2) is 16.5 Å². The third-order valence-electron chi connectivity index (χ3n) is 3.58. The van der Waals surface area contributed by atoms with E-state index in [1.54, 1.807) is 24.3 Å². The zero-order valence-electron chi connectivity index (χ0n) is 13.2. The standard InChI is InChI=1S/C19H16N2O3/c1-2-24-19-9-4-3-6-14(19)10-11-15-12-13-16-17(20-15)7-5-8-18(16)21(22)23/h3-13H,2H2,1H3. The Morgan fingerprint density at radius 1 is 1.08 bits per heavy atom. The second-order valence-corrected chi connectivity index (χ2v) is 5.14. The second-order valence-electron chi connectivity index (χ2n) is 5.14. The van der Waals surface area contributed by atoms with Crippen LogP contribution >= 0.6 is 0 Å². The molecule has 0 bridgehead atoms. The molecule has 5 nitrogen and oxygen atoms in total. The number of rotatable bonds is 5. The van der Waals surface area contributed by atoms with E-state index in [4.69, 9.17) is 4.74 Å². The van der Waals surface area contributed by atoms with Gasteiger partial charge in [0.25, 0.3) is 5.69 Å². The van der Waals surface area contributed by atoms with Gasteiger partial charge >= 0.3 is 0 Å². The summed E-state index contributed by atoms with van der Waals surface area (Å²) in [6.45, 7) is 2.54. The molecule has 120 valence electrons. The Labute approximate surface area is 139 Å². The molecule has 2 aromatic carbocycles. The average molecular weight is 320 g/mol. The summed E-state index contributed by atoms with van der Waals surface area (Å²) in [7, 11) is 0. The second kappa shape index (κ2) is 6.91. The van der Waals surface area contributed by atoms with Gasteiger partial charge in [0.2, 0.25) is 0 Å². The highest BCUT2D eigenvalue weighted by molar-refractivity contribution is 5.89. The van der Waals surface area contributed by atoms with Crippen molar-refractivity contribution in [3.05, 3.63) is 76.0 Å². The fraction of sp³-hybridized carbons (Fsp3) is 0.105. The van der Waals surface area contributed by atoms with Crippen molar-refractivity contribution in [2.24, 2.45) is 0 Å². The first-order valence-electron chi connectivity index (χ1n) is 7.63. The lowest BCUT2D eigenvalue weighted by atomic mass is 10.1. The van der Waals surface area contributed by atoms with Gasteiger partial charge in [-0.2, -0.15) is 0 Å². The Morgan fingerprint density at radius 3 is 2.71 bits per heavy atom. The predicted molar refractivity (Wildman–Crippen MR) is 94.9 cm³/mol. The first kappa shape index (κ1) is 15.7. The number of hydrogen-bond acceptors (Lipinski definition) is 4. The summed E-state index contributed by atoms with van der Waals surface area (Å²) in [6.07, 6.45) is 3.80. The van der Waals surface area contributed by atoms with Gasteiger partial charge < -0.3 is 4.74 Å². The SMILES string of the molecule is CCOc1ccccc1C=Cc1ccc2c([N+](=O)[O-])cccc2n1. The molecular formula is C19H16N2O3. The minimum Gasteiger partial charge on any atom is -0.493 e. The number of para-hydroxylation sites is 1. The summed E-state index contributed by atoms with van der Waals surface area (Å²) in [5, 5.41) is 11.6. The van der Waals surface area contributed by atoms with E-state index in [-0.39, 0.29) is 5.69 Å². The molecule has 0 aliphatic heterocycles. The third-order valence-corrected chi connectivity index (χ3v) is 3.58. The first-order chi connectivity index (χ1) is 11.7. The van der Waals surface area contributed by atoms with Crippen molar-refractivity contribution in [1.82, 2.24) is 4.98 Å². The molecule has 3 rings (SSSR count). The van der Waals surface area contributed by atoms with Gasteiger partial charge in [0.05, 0.1) is 28.1 Å². The minimum atomic E-state index is -0.391. The molecule has 0 radical (unpaired) electrons. The summed E-state index contributed by atoms with van der Waals surface area (Å²) in [5.74, 6) is 0.813. The summed E-state index contributed by atoms with van der Waals surface area (Å²) < 4.78 is 5.59. The summed E-state index contributed by atoms with van der Waals surface area (Å²) in [4.78, 5) is 15.1. The number of fused-ring (bicyclic) bond motifs is 1. The molecule has 0 aliphatic rings. The molecule has 0 fully saturated rings. The van der Waals surface area contributed by atoms with Crippen molar-refractivity contribution in [3.8, 4) is 5.75 Å². The van der Waals surface area contributed by atoms with E-state index in [9.17, 15) is 10.1 Å². The van der Waals surface area contributed by atoms with Crippen LogP contribution in [0.3, 0.4) is 0 Å². The van der Waals surface area contributed by atoms with E-state index in [0.29, 0.717) is 17.5 Å². The van der Waals surface area contributed by atoms with Crippen molar-refractivity contribution >= 4 is 28.7 Å². The topological polar surface area (TPSA) is 65.3 Å². The fourth-order valence-electron chi connectivity index (χ4n) is 2.49. The summed E-state index contributed by atoms with van der Waals surface area (Å²) >= 11 is 0. The molecule has 3 aromatic rings. The molecule has 0 N–H and O–H groups in total. The molecule has 0 aliphatic carbocycles. The number of hydrogen-bond donors (Lipinski definition) is 0. The van der Waals surface area contributed by atoms with Crippen LogP contribution in [0.15, 0.2) is 54.6 Å². The third kappa shape index (κ3) is 3.25. The van der Waals surface area contributed by atoms with Crippen molar-refractivity contribution in [2.75, 3.05) is 6.61 Å². The number of non-ortho nitro benzene ring substituents is 1. The molecule has 0 amide bonds. The van der Waals surface area contributed by atoms with E-state index in [0.717, 1.165) is 17.0 Å². The number of nitro groups is 1. The van der Waals surface area contributed by atoms with Crippen molar-refractivity contribution in [3.63, 3.8) is 0 Å². The molecular weight excluding hydrogens is 304 g/mol. The normalized spacial score (nSPS) is 11.0. The molecule has 0 saturated carbocycles. The molecule has 0 spiro atoms. The van der Waals surface area contributed by atoms with E-state index in [1.807, 2.05) is 43.3 Å². The number of pyridine rings is 1. The van der Waals surface area contributed by atoms with Gasteiger partial charge in [0.15, 0.2) is 0 Å². The number of benzene rings is 2. The first-order valence-corrected chi connectivity index (χ1v) is 7.63. The van der Waals surface area contributed by atoms with Gasteiger partial charge in [-0.1, -0.05) is 24.3 Å². The summed E-state index contributed by atoms with van der Waals surface area (Å²) in [6, 6.07) is 16.2. The van der Waals surface area contributed by atoms with Crippen molar-refractivity contribution < 1.29 is 9.66 Å². The van der Waals surface area contributed by atoms with Gasteiger partial charge in [0.1, 0.15) is 5.75 Å². The minimum absolute atomic E-state index is 0.0669. The molecule has 0 saturated heterocycles. The molecule has 0 unspecified atom stereocenters. The van der Waals surface area contributed by atoms with Gasteiger partial charge in [-0.3, -0.25) is 10.1 Å². The maximum atomic E-state index is 11.1. The highest BCUT2D eigenvalue weighted by atomic mass is 16.6. The molecule has 1 aromatic heterocycles. The van der Waals surface area contributed by atoms with Crippen LogP contribution in [-0.2, 0) is 0 Å². The lowest BCUT2D eigenvalue weighted by molar-refractivity contribution is -0.383. The monoisotopic (exact) mass is 320 g/mol. The maximum Gasteiger partial charge on any atom is 0.278 e. The van der Waals surface area contributed by atoms with Crippen LogP contribution in [0.4, 0.5) is 5.69 Å². The van der Waals surface area contributed by atoms with Gasteiger partial charge in [-0.05, 0) is 43.3 Å². The highest BCUT2D eigenvalue weighted by Gasteiger charge is 2.11. The van der Waals surface area contributed by atoms with E-state index in [1.165, 1.54) is 6.07 Å². The zero-order chi connectivity index (χ0) is 16.9. The van der Waals surface area contributed by atoms with E-state index < -0.39 is 4.92 Å². The van der Waals surface area contributed by atoms with E-state index in [2.05, 4.69) is 4.98 Å². The van der Waals surface area contributed by atoms with Gasteiger partial charge in [-0.15, -0.1) is 0 Å². The molecule has 5 heteroatoms. The van der Waals surface area contributed by atoms with Crippen LogP contribution in [0, 0.1) is 10.1 Å². The van der Waals surface area contributed by atoms with Crippen molar-refractivity contribution in [1.29, 1.82) is 0 Å². The number of nitrogens with zero attached hydrogens (tertiary/aromatic N) is 2. The van der Waals surface area contributed by atoms with Crippen LogP contribution in [0.1, 0.15) is 18.2 Å². The Hall–Kier alpha value is -3.21. The Morgan fingerprint density at radius 2 is 1.92 bits per heavy atom. The molecule has 24 heavy (non-hydrogen) atoms. The van der Waals surface area contributed by atoms with E-state index >= 15 is 0 Å². The maximum absolute atomic E-state index is 11.1. The smallest absolute Gasteiger partial charge is 0.278 e. The Bertz CT molecular complexity index is 919. The lowest BCUT2D eigenvalue weighted by Gasteiger charge is -2.06. The van der Waals surface area contributed by atoms with Gasteiger partial charge in [-0.25, -0.2) is 4.98 Å². The Balaban J connectivity index is 1.95. The molecule has 0 atom stereocenters. The van der Waals surface area contributed by atoms with Crippen LogP contribution in [0.2, 0.25) is 0 Å². The average Bonchev–Trinajstić information content (AvgIpc) is 2.60. The van der Waals surface area contributed by atoms with Crippen LogP contribution in [0.5, 0.6) is 5.75 Å². The van der Waals surface area contributed by atoms with Crippen LogP contribution in [0.25, 0.3) is 23.1 Å². The number of ether oxygens (including phenoxy) is 1. The largest absolute Gasteiger partial charge is 0.493 e. The Kier molecular flexibility index (Phi) is 4.52. The number of nitro benzene ring substituents is 1. The highest BCUT2D eigenvalue weighted by Crippen LogP contribution is 2.25. The van der Waals surface area contributed by atoms with Crippen LogP contribution < -0.4 is 4.74 Å². The lowest BCUT2D eigenvalue weighted by Crippen LogP contribution is -1.93. The quantitative estimate of drug-likeness (QED) is 0.504. The predicted octanol–water partition coefficient (Wildman–Crippen LogP) is 4.71.